The van der Waals surface area contributed by atoms with E-state index in [1.54, 1.807) is 0 Å². The van der Waals surface area contributed by atoms with Crippen molar-refractivity contribution in [3.8, 4) is 0 Å². The summed E-state index contributed by atoms with van der Waals surface area (Å²) < 4.78 is 11.7. The molecule has 2 rings (SSSR count). The maximum absolute atomic E-state index is 12.5. The van der Waals surface area contributed by atoms with Gasteiger partial charge in [-0.1, -0.05) is 33.1 Å². The normalized spacial score (nSPS) is 29.3. The van der Waals surface area contributed by atoms with Crippen molar-refractivity contribution in [1.29, 1.82) is 0 Å². The Kier molecular flexibility index (Phi) is 6.02. The van der Waals surface area contributed by atoms with Gasteiger partial charge in [0.1, 0.15) is 0 Å². The number of nitrogens with zero attached hydrogens (tertiary/aromatic N) is 1. The van der Waals surface area contributed by atoms with Gasteiger partial charge in [0.05, 0.1) is 12.2 Å². The summed E-state index contributed by atoms with van der Waals surface area (Å²) in [7, 11) is -0.791. The van der Waals surface area contributed by atoms with Crippen molar-refractivity contribution in [1.82, 2.24) is 10.2 Å². The van der Waals surface area contributed by atoms with Crippen LogP contribution in [0.5, 0.6) is 0 Å². The zero-order chi connectivity index (χ0) is 14.5. The predicted molar refractivity (Wildman–Crippen MR) is 82.8 cm³/mol. The van der Waals surface area contributed by atoms with Gasteiger partial charge in [0, 0.05) is 28.9 Å². The number of hydrogen-bond acceptors (Lipinski definition) is 3. The van der Waals surface area contributed by atoms with E-state index in [1.807, 2.05) is 11.8 Å². The summed E-state index contributed by atoms with van der Waals surface area (Å²) in [6, 6.07) is -0.0133. The maximum Gasteiger partial charge on any atom is 0.241 e. The maximum atomic E-state index is 12.5. The molecule has 0 bridgehead atoms. The van der Waals surface area contributed by atoms with Crippen LogP contribution >= 0.6 is 0 Å². The standard InChI is InChI=1S/C15H28N2O2S/c1-3-7-13-15(18)17(10-11-20(19)4-2)14(16-13)12-8-5-6-9-12/h12-14,16H,3-11H2,1-2H3. The van der Waals surface area contributed by atoms with E-state index in [-0.39, 0.29) is 18.1 Å². The Bertz CT molecular complexity index is 356. The second kappa shape index (κ2) is 7.55. The van der Waals surface area contributed by atoms with E-state index in [1.165, 1.54) is 25.7 Å². The van der Waals surface area contributed by atoms with Crippen LogP contribution in [0.2, 0.25) is 0 Å². The Labute approximate surface area is 125 Å². The van der Waals surface area contributed by atoms with Gasteiger partial charge in [-0.2, -0.15) is 0 Å². The largest absolute Gasteiger partial charge is 0.325 e. The molecule has 1 amide bonds. The van der Waals surface area contributed by atoms with Crippen LogP contribution in [0.1, 0.15) is 52.4 Å². The molecular formula is C15H28N2O2S. The van der Waals surface area contributed by atoms with E-state index in [0.717, 1.165) is 12.8 Å². The van der Waals surface area contributed by atoms with Gasteiger partial charge >= 0.3 is 0 Å². The van der Waals surface area contributed by atoms with E-state index in [9.17, 15) is 9.00 Å². The Morgan fingerprint density at radius 2 is 2.00 bits per heavy atom. The molecule has 1 aliphatic carbocycles. The molecule has 1 aliphatic heterocycles. The second-order valence-corrected chi connectivity index (χ2v) is 7.83. The number of hydrogen-bond donors (Lipinski definition) is 1. The molecule has 0 aromatic rings. The molecule has 5 heteroatoms. The average molecular weight is 300 g/mol. The lowest BCUT2D eigenvalue weighted by molar-refractivity contribution is -0.130. The topological polar surface area (TPSA) is 49.4 Å². The van der Waals surface area contributed by atoms with E-state index in [4.69, 9.17) is 0 Å². The smallest absolute Gasteiger partial charge is 0.241 e. The number of rotatable bonds is 7. The van der Waals surface area contributed by atoms with Crippen LogP contribution in [-0.4, -0.2) is 45.3 Å². The summed E-state index contributed by atoms with van der Waals surface area (Å²) in [5.41, 5.74) is 0. The highest BCUT2D eigenvalue weighted by Gasteiger charge is 2.42. The van der Waals surface area contributed by atoms with E-state index in [0.29, 0.717) is 24.0 Å². The van der Waals surface area contributed by atoms with Crippen molar-refractivity contribution < 1.29 is 9.00 Å². The zero-order valence-corrected chi connectivity index (χ0v) is 13.6. The van der Waals surface area contributed by atoms with E-state index in [2.05, 4.69) is 12.2 Å². The van der Waals surface area contributed by atoms with Gasteiger partial charge in [-0.3, -0.25) is 14.3 Å². The lowest BCUT2D eigenvalue weighted by Gasteiger charge is -2.28. The third-order valence-corrected chi connectivity index (χ3v) is 5.88. The Hall–Kier alpha value is -0.420. The minimum Gasteiger partial charge on any atom is -0.325 e. The van der Waals surface area contributed by atoms with Crippen LogP contribution in [0.4, 0.5) is 0 Å². The van der Waals surface area contributed by atoms with Gasteiger partial charge in [0.2, 0.25) is 5.91 Å². The lowest BCUT2D eigenvalue weighted by Crippen LogP contribution is -2.44. The number of carbonyl (C=O) groups excluding carboxylic acids is 1. The van der Waals surface area contributed by atoms with Gasteiger partial charge in [0.25, 0.3) is 0 Å². The molecule has 3 atom stereocenters. The minimum absolute atomic E-state index is 0.0133. The molecule has 0 aromatic heterocycles. The zero-order valence-electron chi connectivity index (χ0n) is 12.8. The number of amides is 1. The molecule has 4 nitrogen and oxygen atoms in total. The van der Waals surface area contributed by atoms with Crippen LogP contribution in [0.3, 0.4) is 0 Å². The summed E-state index contributed by atoms with van der Waals surface area (Å²) in [4.78, 5) is 14.5. The van der Waals surface area contributed by atoms with Crippen molar-refractivity contribution >= 4 is 16.7 Å². The lowest BCUT2D eigenvalue weighted by atomic mass is 10.0. The molecule has 0 aromatic carbocycles. The van der Waals surface area contributed by atoms with Crippen molar-refractivity contribution in [2.24, 2.45) is 5.92 Å². The van der Waals surface area contributed by atoms with Crippen molar-refractivity contribution in [3.63, 3.8) is 0 Å². The highest BCUT2D eigenvalue weighted by atomic mass is 32.2. The summed E-state index contributed by atoms with van der Waals surface area (Å²) >= 11 is 0. The summed E-state index contributed by atoms with van der Waals surface area (Å²) in [5, 5.41) is 3.55. The highest BCUT2D eigenvalue weighted by Crippen LogP contribution is 2.32. The quantitative estimate of drug-likeness (QED) is 0.781. The molecule has 2 fully saturated rings. The minimum atomic E-state index is -0.791. The highest BCUT2D eigenvalue weighted by molar-refractivity contribution is 7.84. The van der Waals surface area contributed by atoms with E-state index >= 15 is 0 Å². The third kappa shape index (κ3) is 3.61. The number of carbonyl (C=O) groups is 1. The second-order valence-electron chi connectivity index (χ2n) is 5.96. The molecule has 1 saturated heterocycles. The summed E-state index contributed by atoms with van der Waals surface area (Å²) in [6.07, 6.45) is 7.13. The van der Waals surface area contributed by atoms with Gasteiger partial charge in [0.15, 0.2) is 0 Å². The molecule has 1 N–H and O–H groups in total. The van der Waals surface area contributed by atoms with Crippen LogP contribution in [-0.2, 0) is 15.6 Å². The fourth-order valence-corrected chi connectivity index (χ4v) is 4.15. The van der Waals surface area contributed by atoms with Gasteiger partial charge in [-0.15, -0.1) is 0 Å². The monoisotopic (exact) mass is 300 g/mol. The first kappa shape index (κ1) is 16.0. The van der Waals surface area contributed by atoms with Crippen LogP contribution < -0.4 is 5.32 Å². The fourth-order valence-electron chi connectivity index (χ4n) is 3.46. The molecule has 2 aliphatic rings. The molecule has 1 heterocycles. The SMILES string of the molecule is CCCC1NC(C2CCCC2)N(CCS(=O)CC)C1=O. The summed E-state index contributed by atoms with van der Waals surface area (Å²) in [5.74, 6) is 2.13. The van der Waals surface area contributed by atoms with Crippen LogP contribution in [0, 0.1) is 5.92 Å². The van der Waals surface area contributed by atoms with Crippen LogP contribution in [0.15, 0.2) is 0 Å². The Balaban J connectivity index is 2.01. The van der Waals surface area contributed by atoms with Gasteiger partial charge < -0.3 is 4.90 Å². The number of nitrogens with one attached hydrogen (secondary N) is 1. The molecule has 20 heavy (non-hydrogen) atoms. The molecule has 3 unspecified atom stereocenters. The third-order valence-electron chi connectivity index (χ3n) is 4.59. The summed E-state index contributed by atoms with van der Waals surface area (Å²) in [6.45, 7) is 4.70. The predicted octanol–water partition coefficient (Wildman–Crippen LogP) is 1.87. The molecule has 0 radical (unpaired) electrons. The first-order chi connectivity index (χ1) is 9.67. The molecule has 1 saturated carbocycles. The first-order valence-electron chi connectivity index (χ1n) is 8.08. The van der Waals surface area contributed by atoms with Gasteiger partial charge in [-0.25, -0.2) is 0 Å². The van der Waals surface area contributed by atoms with Crippen LogP contribution in [0.25, 0.3) is 0 Å². The van der Waals surface area contributed by atoms with Crippen molar-refractivity contribution in [2.75, 3.05) is 18.1 Å². The average Bonchev–Trinajstić information content (AvgIpc) is 3.06. The van der Waals surface area contributed by atoms with E-state index < -0.39 is 10.8 Å². The van der Waals surface area contributed by atoms with Gasteiger partial charge in [-0.05, 0) is 25.2 Å². The molecule has 0 spiro atoms. The fraction of sp³-hybridized carbons (Fsp3) is 0.933. The Morgan fingerprint density at radius 1 is 1.30 bits per heavy atom. The van der Waals surface area contributed by atoms with Crippen molar-refractivity contribution in [3.05, 3.63) is 0 Å². The Morgan fingerprint density at radius 3 is 2.60 bits per heavy atom. The van der Waals surface area contributed by atoms with Crippen molar-refractivity contribution in [2.45, 2.75) is 64.6 Å². The molecule has 116 valence electrons. The first-order valence-corrected chi connectivity index (χ1v) is 9.57. The molecular weight excluding hydrogens is 272 g/mol.